The first-order valence-corrected chi connectivity index (χ1v) is 5.14. The van der Waals surface area contributed by atoms with E-state index in [1.54, 1.807) is 19.1 Å². The van der Waals surface area contributed by atoms with Gasteiger partial charge in [0, 0.05) is 0 Å². The van der Waals surface area contributed by atoms with Gasteiger partial charge < -0.3 is 0 Å². The van der Waals surface area contributed by atoms with Crippen LogP contribution in [0.1, 0.15) is 5.56 Å². The first-order valence-electron chi connectivity index (χ1n) is 4.08. The Labute approximate surface area is 103 Å². The molecule has 84 valence electrons. The van der Waals surface area contributed by atoms with E-state index >= 15 is 0 Å². The average Bonchev–Trinajstić information content (AvgIpc) is 2.25. The number of aryl methyl sites for hydroxylation is 1. The van der Waals surface area contributed by atoms with Crippen LogP contribution in [-0.2, 0) is 9.59 Å². The number of hydrogen-bond acceptors (Lipinski definition) is 4. The van der Waals surface area contributed by atoms with Gasteiger partial charge in [-0.25, -0.2) is 9.59 Å². The van der Waals surface area contributed by atoms with E-state index in [2.05, 4.69) is 9.98 Å². The molecule has 0 radical (unpaired) electrons. The van der Waals surface area contributed by atoms with Crippen LogP contribution in [0, 0.1) is 6.92 Å². The smallest absolute Gasteiger partial charge is 0.211 e. The predicted octanol–water partition coefficient (Wildman–Crippen LogP) is 3.35. The molecule has 0 saturated heterocycles. The third-order valence-corrected chi connectivity index (χ3v) is 1.53. The van der Waals surface area contributed by atoms with E-state index in [0.29, 0.717) is 11.4 Å². The first kappa shape index (κ1) is 14.6. The summed E-state index contributed by atoms with van der Waals surface area (Å²) in [5.74, 6) is 0. The molecule has 0 aromatic heterocycles. The Morgan fingerprint density at radius 2 is 1.75 bits per heavy atom. The fourth-order valence-corrected chi connectivity index (χ4v) is 0.890. The van der Waals surface area contributed by atoms with Crippen LogP contribution in [0.2, 0.25) is 0 Å². The number of benzene rings is 1. The largest absolute Gasteiger partial charge is 0.240 e. The van der Waals surface area contributed by atoms with Crippen molar-refractivity contribution in [1.29, 1.82) is 0 Å². The van der Waals surface area contributed by atoms with Gasteiger partial charge >= 0.3 is 0 Å². The molecular formula is C10H8Cl2N2O2. The van der Waals surface area contributed by atoms with Crippen LogP contribution in [0.15, 0.2) is 28.2 Å². The number of isocyanates is 2. The van der Waals surface area contributed by atoms with E-state index in [4.69, 9.17) is 23.2 Å². The van der Waals surface area contributed by atoms with Gasteiger partial charge in [-0.3, -0.25) is 0 Å². The summed E-state index contributed by atoms with van der Waals surface area (Å²) in [5.41, 5.74) is 1.72. The van der Waals surface area contributed by atoms with Gasteiger partial charge in [0.25, 0.3) is 0 Å². The quantitative estimate of drug-likeness (QED) is 0.464. The Hall–Kier alpha value is -1.44. The molecule has 0 amide bonds. The van der Waals surface area contributed by atoms with Gasteiger partial charge in [0.15, 0.2) is 0 Å². The molecule has 0 aliphatic heterocycles. The molecule has 0 spiro atoms. The third kappa shape index (κ3) is 5.44. The standard InChI is InChI=1S/C9H6N2O2.CH2Cl2/c1-7-2-3-8(10-5-12)4-9(7)11-6-13;2-1-3/h2-4H,1H3;1H2. The molecule has 0 bridgehead atoms. The number of nitrogens with zero attached hydrogens (tertiary/aromatic N) is 2. The zero-order valence-electron chi connectivity index (χ0n) is 8.41. The number of carbonyl (C=O) groups excluding carboxylic acids is 2. The molecule has 0 fully saturated rings. The molecule has 16 heavy (non-hydrogen) atoms. The molecular weight excluding hydrogens is 251 g/mol. The SMILES string of the molecule is Cc1ccc(N=C=O)cc1N=C=O.ClCCl. The highest BCUT2D eigenvalue weighted by Gasteiger charge is 1.97. The Kier molecular flexibility index (Phi) is 8.04. The second kappa shape index (κ2) is 8.84. The van der Waals surface area contributed by atoms with Crippen LogP contribution in [0.25, 0.3) is 0 Å². The summed E-state index contributed by atoms with van der Waals surface area (Å²) in [4.78, 5) is 26.8. The van der Waals surface area contributed by atoms with Gasteiger partial charge in [-0.15, -0.1) is 23.2 Å². The molecule has 0 atom stereocenters. The van der Waals surface area contributed by atoms with Gasteiger partial charge in [0.1, 0.15) is 0 Å². The molecule has 0 N–H and O–H groups in total. The summed E-state index contributed by atoms with van der Waals surface area (Å²) < 4.78 is 0. The highest BCUT2D eigenvalue weighted by molar-refractivity contribution is 6.40. The average molecular weight is 259 g/mol. The van der Waals surface area contributed by atoms with E-state index in [-0.39, 0.29) is 5.34 Å². The van der Waals surface area contributed by atoms with Crippen LogP contribution < -0.4 is 0 Å². The molecule has 1 rings (SSSR count). The summed E-state index contributed by atoms with van der Waals surface area (Å²) in [6, 6.07) is 4.88. The van der Waals surface area contributed by atoms with E-state index < -0.39 is 0 Å². The van der Waals surface area contributed by atoms with Gasteiger partial charge in [0.05, 0.1) is 16.7 Å². The van der Waals surface area contributed by atoms with Crippen molar-refractivity contribution in [3.8, 4) is 0 Å². The molecule has 0 unspecified atom stereocenters. The van der Waals surface area contributed by atoms with Crippen molar-refractivity contribution in [2.75, 3.05) is 5.34 Å². The lowest BCUT2D eigenvalue weighted by atomic mass is 10.2. The maximum Gasteiger partial charge on any atom is 0.240 e. The topological polar surface area (TPSA) is 58.9 Å². The Bertz CT molecular complexity index is 436. The normalized spacial score (nSPS) is 7.94. The van der Waals surface area contributed by atoms with Crippen LogP contribution in [-0.4, -0.2) is 17.5 Å². The second-order valence-electron chi connectivity index (χ2n) is 2.48. The zero-order chi connectivity index (χ0) is 12.4. The fourth-order valence-electron chi connectivity index (χ4n) is 0.890. The predicted molar refractivity (Wildman–Crippen MR) is 63.3 cm³/mol. The maximum absolute atomic E-state index is 10.00. The number of halogens is 2. The molecule has 0 aliphatic rings. The van der Waals surface area contributed by atoms with Crippen LogP contribution in [0.5, 0.6) is 0 Å². The number of rotatable bonds is 2. The van der Waals surface area contributed by atoms with Crippen LogP contribution in [0.4, 0.5) is 11.4 Å². The van der Waals surface area contributed by atoms with Crippen molar-refractivity contribution in [1.82, 2.24) is 0 Å². The van der Waals surface area contributed by atoms with Gasteiger partial charge in [-0.2, -0.15) is 9.98 Å². The third-order valence-electron chi connectivity index (χ3n) is 1.53. The van der Waals surface area contributed by atoms with Crippen molar-refractivity contribution in [3.05, 3.63) is 23.8 Å². The van der Waals surface area contributed by atoms with Crippen LogP contribution in [0.3, 0.4) is 0 Å². The fraction of sp³-hybridized carbons (Fsp3) is 0.200. The summed E-state index contributed by atoms with van der Waals surface area (Å²) in [5, 5.41) is 0.194. The molecule has 0 aliphatic carbocycles. The monoisotopic (exact) mass is 258 g/mol. The molecule has 1 aromatic carbocycles. The highest BCUT2D eigenvalue weighted by Crippen LogP contribution is 2.23. The van der Waals surface area contributed by atoms with Gasteiger partial charge in [-0.05, 0) is 24.6 Å². The summed E-state index contributed by atoms with van der Waals surface area (Å²) in [6.07, 6.45) is 2.84. The van der Waals surface area contributed by atoms with Crippen molar-refractivity contribution in [2.45, 2.75) is 6.92 Å². The van der Waals surface area contributed by atoms with Gasteiger partial charge in [0.2, 0.25) is 12.2 Å². The Balaban J connectivity index is 0.000000673. The summed E-state index contributed by atoms with van der Waals surface area (Å²) >= 11 is 9.53. The summed E-state index contributed by atoms with van der Waals surface area (Å²) in [7, 11) is 0. The number of aliphatic imine (C=N–C) groups is 2. The first-order chi connectivity index (χ1) is 7.69. The maximum atomic E-state index is 10.00. The Morgan fingerprint density at radius 1 is 1.19 bits per heavy atom. The lowest BCUT2D eigenvalue weighted by Gasteiger charge is -1.97. The van der Waals surface area contributed by atoms with Gasteiger partial charge in [-0.1, -0.05) is 6.07 Å². The number of hydrogen-bond donors (Lipinski definition) is 0. The van der Waals surface area contributed by atoms with Crippen molar-refractivity contribution in [3.63, 3.8) is 0 Å². The minimum absolute atomic E-state index is 0.194. The van der Waals surface area contributed by atoms with E-state index in [1.165, 1.54) is 18.2 Å². The van der Waals surface area contributed by atoms with E-state index in [1.807, 2.05) is 0 Å². The minimum Gasteiger partial charge on any atom is -0.211 e. The minimum atomic E-state index is 0.194. The van der Waals surface area contributed by atoms with E-state index in [0.717, 1.165) is 5.56 Å². The second-order valence-corrected chi connectivity index (χ2v) is 3.29. The lowest BCUT2D eigenvalue weighted by Crippen LogP contribution is -1.73. The van der Waals surface area contributed by atoms with Crippen molar-refractivity contribution in [2.24, 2.45) is 9.98 Å². The number of alkyl halides is 2. The van der Waals surface area contributed by atoms with Crippen molar-refractivity contribution < 1.29 is 9.59 Å². The van der Waals surface area contributed by atoms with Crippen LogP contribution >= 0.6 is 23.2 Å². The molecule has 0 heterocycles. The highest BCUT2D eigenvalue weighted by atomic mass is 35.5. The Morgan fingerprint density at radius 3 is 2.25 bits per heavy atom. The molecule has 1 aromatic rings. The molecule has 6 heteroatoms. The molecule has 0 saturated carbocycles. The van der Waals surface area contributed by atoms with Crippen molar-refractivity contribution >= 4 is 46.7 Å². The van der Waals surface area contributed by atoms with E-state index in [9.17, 15) is 9.59 Å². The molecule has 4 nitrogen and oxygen atoms in total. The zero-order valence-corrected chi connectivity index (χ0v) is 9.92. The summed E-state index contributed by atoms with van der Waals surface area (Å²) in [6.45, 7) is 1.80. The lowest BCUT2D eigenvalue weighted by molar-refractivity contribution is 0.565.